The number of hydrogen-bond donors (Lipinski definition) is 4. The highest BCUT2D eigenvalue weighted by Crippen LogP contribution is 2.21. The first kappa shape index (κ1) is 9.82. The third-order valence-corrected chi connectivity index (χ3v) is 1.69. The first-order chi connectivity index (χ1) is 6.06. The number of carbonyl (C=O) groups is 1. The lowest BCUT2D eigenvalue weighted by molar-refractivity contribution is -0.143. The van der Waals surface area contributed by atoms with Gasteiger partial charge in [-0.3, -0.25) is 0 Å². The molecule has 0 fully saturated rings. The molecule has 0 aromatic carbocycles. The van der Waals surface area contributed by atoms with Gasteiger partial charge in [0.2, 0.25) is 5.76 Å². The standard InChI is InChI=1S/C7H10O6/c8-2-3(9)1-4-5(10)6(11)7(12)13-4/h3-4,8-11H,1-2H2. The van der Waals surface area contributed by atoms with Gasteiger partial charge in [0.1, 0.15) is 0 Å². The maximum atomic E-state index is 10.6. The van der Waals surface area contributed by atoms with Crippen LogP contribution >= 0.6 is 0 Å². The lowest BCUT2D eigenvalue weighted by atomic mass is 10.1. The average Bonchev–Trinajstić information content (AvgIpc) is 2.34. The number of esters is 1. The molecule has 0 bridgehead atoms. The quantitative estimate of drug-likeness (QED) is 0.424. The van der Waals surface area contributed by atoms with Crippen molar-refractivity contribution in [3.63, 3.8) is 0 Å². The summed E-state index contributed by atoms with van der Waals surface area (Å²) in [6.45, 7) is -0.498. The van der Waals surface area contributed by atoms with Crippen LogP contribution in [0, 0.1) is 0 Å². The molecular weight excluding hydrogens is 180 g/mol. The SMILES string of the molecule is O=C1OC(CC(O)CO)C(O)=C1O. The van der Waals surface area contributed by atoms with Crippen LogP contribution < -0.4 is 0 Å². The first-order valence-electron chi connectivity index (χ1n) is 3.68. The van der Waals surface area contributed by atoms with Gasteiger partial charge in [-0.05, 0) is 0 Å². The molecule has 0 aliphatic carbocycles. The molecule has 1 aliphatic heterocycles. The molecule has 0 spiro atoms. The lowest BCUT2D eigenvalue weighted by Crippen LogP contribution is -2.22. The van der Waals surface area contributed by atoms with Gasteiger partial charge in [0.25, 0.3) is 0 Å². The van der Waals surface area contributed by atoms with Gasteiger partial charge in [0.15, 0.2) is 11.9 Å². The van der Waals surface area contributed by atoms with Crippen LogP contribution in [0.2, 0.25) is 0 Å². The number of ether oxygens (including phenoxy) is 1. The zero-order chi connectivity index (χ0) is 10.0. The average molecular weight is 190 g/mol. The molecule has 0 amide bonds. The molecule has 6 heteroatoms. The highest BCUT2D eigenvalue weighted by molar-refractivity contribution is 5.88. The van der Waals surface area contributed by atoms with E-state index in [4.69, 9.17) is 20.4 Å². The maximum absolute atomic E-state index is 10.6. The second-order valence-electron chi connectivity index (χ2n) is 2.70. The molecule has 0 radical (unpaired) electrons. The fourth-order valence-corrected chi connectivity index (χ4v) is 0.979. The van der Waals surface area contributed by atoms with E-state index < -0.39 is 36.3 Å². The summed E-state index contributed by atoms with van der Waals surface area (Å²) in [6.07, 6.45) is -2.29. The van der Waals surface area contributed by atoms with Crippen molar-refractivity contribution < 1.29 is 30.0 Å². The third-order valence-electron chi connectivity index (χ3n) is 1.69. The Morgan fingerprint density at radius 3 is 2.46 bits per heavy atom. The van der Waals surface area contributed by atoms with Gasteiger partial charge in [0, 0.05) is 6.42 Å². The second-order valence-corrected chi connectivity index (χ2v) is 2.70. The fraction of sp³-hybridized carbons (Fsp3) is 0.571. The Labute approximate surface area is 73.7 Å². The number of cyclic esters (lactones) is 1. The predicted octanol–water partition coefficient (Wildman–Crippen LogP) is -1.02. The van der Waals surface area contributed by atoms with Crippen molar-refractivity contribution in [1.82, 2.24) is 0 Å². The van der Waals surface area contributed by atoms with Gasteiger partial charge in [-0.2, -0.15) is 0 Å². The number of aliphatic hydroxyl groups is 4. The van der Waals surface area contributed by atoms with E-state index in [0.29, 0.717) is 0 Å². The van der Waals surface area contributed by atoms with E-state index in [2.05, 4.69) is 4.74 Å². The Balaban J connectivity index is 2.61. The van der Waals surface area contributed by atoms with Crippen LogP contribution in [0.5, 0.6) is 0 Å². The van der Waals surface area contributed by atoms with Gasteiger partial charge in [-0.25, -0.2) is 4.79 Å². The van der Waals surface area contributed by atoms with Gasteiger partial charge < -0.3 is 25.2 Å². The van der Waals surface area contributed by atoms with Crippen molar-refractivity contribution in [2.24, 2.45) is 0 Å². The summed E-state index contributed by atoms with van der Waals surface area (Å²) in [6, 6.07) is 0. The number of rotatable bonds is 3. The highest BCUT2D eigenvalue weighted by atomic mass is 16.6. The van der Waals surface area contributed by atoms with E-state index in [-0.39, 0.29) is 6.42 Å². The highest BCUT2D eigenvalue weighted by Gasteiger charge is 2.35. The number of hydrogen-bond acceptors (Lipinski definition) is 6. The minimum atomic E-state index is -1.09. The summed E-state index contributed by atoms with van der Waals surface area (Å²) >= 11 is 0. The monoisotopic (exact) mass is 190 g/mol. The van der Waals surface area contributed by atoms with Gasteiger partial charge >= 0.3 is 5.97 Å². The molecule has 6 nitrogen and oxygen atoms in total. The van der Waals surface area contributed by atoms with Crippen LogP contribution in [0.15, 0.2) is 11.5 Å². The molecule has 1 aliphatic rings. The molecule has 0 saturated carbocycles. The van der Waals surface area contributed by atoms with Crippen molar-refractivity contribution in [3.8, 4) is 0 Å². The fourth-order valence-electron chi connectivity index (χ4n) is 0.979. The molecule has 0 aromatic heterocycles. The van der Waals surface area contributed by atoms with E-state index in [1.165, 1.54) is 0 Å². The molecule has 2 atom stereocenters. The van der Waals surface area contributed by atoms with Crippen LogP contribution in [0.1, 0.15) is 6.42 Å². The maximum Gasteiger partial charge on any atom is 0.377 e. The Bertz CT molecular complexity index is 245. The summed E-state index contributed by atoms with van der Waals surface area (Å²) < 4.78 is 4.47. The third kappa shape index (κ3) is 1.90. The molecule has 74 valence electrons. The normalized spacial score (nSPS) is 24.8. The van der Waals surface area contributed by atoms with Crippen LogP contribution in [-0.4, -0.2) is 45.2 Å². The van der Waals surface area contributed by atoms with Crippen LogP contribution in [0.25, 0.3) is 0 Å². The Hall–Kier alpha value is -1.27. The Morgan fingerprint density at radius 2 is 2.08 bits per heavy atom. The molecule has 1 rings (SSSR count). The molecule has 13 heavy (non-hydrogen) atoms. The zero-order valence-electron chi connectivity index (χ0n) is 6.67. The molecule has 0 aromatic rings. The van der Waals surface area contributed by atoms with Crippen LogP contribution in [0.4, 0.5) is 0 Å². The molecule has 4 N–H and O–H groups in total. The Kier molecular flexibility index (Phi) is 2.74. The Morgan fingerprint density at radius 1 is 1.46 bits per heavy atom. The summed E-state index contributed by atoms with van der Waals surface area (Å²) in [5, 5.41) is 35.3. The van der Waals surface area contributed by atoms with Crippen molar-refractivity contribution in [3.05, 3.63) is 11.5 Å². The zero-order valence-corrected chi connectivity index (χ0v) is 6.67. The predicted molar refractivity (Wildman–Crippen MR) is 39.9 cm³/mol. The molecule has 0 saturated heterocycles. The van der Waals surface area contributed by atoms with Gasteiger partial charge in [-0.15, -0.1) is 0 Å². The molecular formula is C7H10O6. The number of aliphatic hydroxyl groups excluding tert-OH is 4. The largest absolute Gasteiger partial charge is 0.505 e. The number of carbonyl (C=O) groups excluding carboxylic acids is 1. The molecule has 1 heterocycles. The lowest BCUT2D eigenvalue weighted by Gasteiger charge is -2.12. The van der Waals surface area contributed by atoms with Gasteiger partial charge in [-0.1, -0.05) is 0 Å². The van der Waals surface area contributed by atoms with Crippen LogP contribution in [-0.2, 0) is 9.53 Å². The van der Waals surface area contributed by atoms with E-state index in [0.717, 1.165) is 0 Å². The summed E-state index contributed by atoms with van der Waals surface area (Å²) in [7, 11) is 0. The summed E-state index contributed by atoms with van der Waals surface area (Å²) in [4.78, 5) is 10.6. The van der Waals surface area contributed by atoms with Gasteiger partial charge in [0.05, 0.1) is 12.7 Å². The second kappa shape index (κ2) is 3.63. The van der Waals surface area contributed by atoms with E-state index in [9.17, 15) is 4.79 Å². The van der Waals surface area contributed by atoms with E-state index in [1.807, 2.05) is 0 Å². The summed E-state index contributed by atoms with van der Waals surface area (Å²) in [5.74, 6) is -2.46. The topological polar surface area (TPSA) is 107 Å². The first-order valence-corrected chi connectivity index (χ1v) is 3.68. The van der Waals surface area contributed by atoms with E-state index >= 15 is 0 Å². The summed E-state index contributed by atoms with van der Waals surface area (Å²) in [5.41, 5.74) is 0. The van der Waals surface area contributed by atoms with Crippen molar-refractivity contribution in [2.45, 2.75) is 18.6 Å². The van der Waals surface area contributed by atoms with Crippen molar-refractivity contribution in [2.75, 3.05) is 6.61 Å². The van der Waals surface area contributed by atoms with Crippen molar-refractivity contribution >= 4 is 5.97 Å². The van der Waals surface area contributed by atoms with Crippen molar-refractivity contribution in [1.29, 1.82) is 0 Å². The van der Waals surface area contributed by atoms with Crippen LogP contribution in [0.3, 0.4) is 0 Å². The van der Waals surface area contributed by atoms with E-state index in [1.54, 1.807) is 0 Å². The minimum Gasteiger partial charge on any atom is -0.505 e. The minimum absolute atomic E-state index is 0.141. The molecule has 2 unspecified atom stereocenters. The smallest absolute Gasteiger partial charge is 0.377 e.